The summed E-state index contributed by atoms with van der Waals surface area (Å²) in [5.74, 6) is 0.633. The standard InChI is InChI=1S/C14H10INO/c15-13-7-5-11(6-8-13)10-17-14-4-2-1-3-12(14)9-16/h1-8H,10H2. The van der Waals surface area contributed by atoms with E-state index in [1.54, 1.807) is 6.07 Å². The summed E-state index contributed by atoms with van der Waals surface area (Å²) < 4.78 is 6.83. The molecule has 0 saturated carbocycles. The van der Waals surface area contributed by atoms with Crippen LogP contribution in [0.2, 0.25) is 0 Å². The number of nitrogens with zero attached hydrogens (tertiary/aromatic N) is 1. The van der Waals surface area contributed by atoms with Crippen molar-refractivity contribution in [3.63, 3.8) is 0 Å². The minimum Gasteiger partial charge on any atom is -0.488 e. The first-order chi connectivity index (χ1) is 8.29. The number of para-hydroxylation sites is 1. The van der Waals surface area contributed by atoms with E-state index in [-0.39, 0.29) is 0 Å². The maximum atomic E-state index is 8.92. The molecule has 0 unspecified atom stereocenters. The van der Waals surface area contributed by atoms with Crippen LogP contribution < -0.4 is 4.74 Å². The van der Waals surface area contributed by atoms with Gasteiger partial charge >= 0.3 is 0 Å². The van der Waals surface area contributed by atoms with E-state index >= 15 is 0 Å². The van der Waals surface area contributed by atoms with Gasteiger partial charge in [-0.1, -0.05) is 24.3 Å². The number of hydrogen-bond acceptors (Lipinski definition) is 2. The molecule has 2 rings (SSSR count). The summed E-state index contributed by atoms with van der Waals surface area (Å²) in [7, 11) is 0. The summed E-state index contributed by atoms with van der Waals surface area (Å²) in [6, 6.07) is 17.5. The molecule has 0 aliphatic heterocycles. The van der Waals surface area contributed by atoms with Crippen LogP contribution in [0.3, 0.4) is 0 Å². The molecule has 0 radical (unpaired) electrons. The molecule has 0 fully saturated rings. The quantitative estimate of drug-likeness (QED) is 0.801. The van der Waals surface area contributed by atoms with E-state index in [9.17, 15) is 0 Å². The van der Waals surface area contributed by atoms with Crippen molar-refractivity contribution < 1.29 is 4.74 Å². The lowest BCUT2D eigenvalue weighted by Crippen LogP contribution is -1.97. The Labute approximate surface area is 114 Å². The van der Waals surface area contributed by atoms with Crippen LogP contribution in [0.5, 0.6) is 5.75 Å². The topological polar surface area (TPSA) is 33.0 Å². The third-order valence-corrected chi connectivity index (χ3v) is 3.03. The first-order valence-corrected chi connectivity index (χ1v) is 6.24. The van der Waals surface area contributed by atoms with Gasteiger partial charge in [0, 0.05) is 3.57 Å². The van der Waals surface area contributed by atoms with Crippen LogP contribution in [0.1, 0.15) is 11.1 Å². The fourth-order valence-electron chi connectivity index (χ4n) is 1.43. The zero-order chi connectivity index (χ0) is 12.1. The Hall–Kier alpha value is -1.54. The van der Waals surface area contributed by atoms with Crippen LogP contribution in [-0.2, 0) is 6.61 Å². The Morgan fingerprint density at radius 3 is 2.47 bits per heavy atom. The molecule has 0 amide bonds. The summed E-state index contributed by atoms with van der Waals surface area (Å²) in [6.45, 7) is 0.482. The highest BCUT2D eigenvalue weighted by Crippen LogP contribution is 2.18. The second-order valence-electron chi connectivity index (χ2n) is 3.52. The Bertz CT molecular complexity index is 543. The molecule has 2 aromatic rings. The zero-order valence-electron chi connectivity index (χ0n) is 9.06. The molecule has 0 saturated heterocycles. The summed E-state index contributed by atoms with van der Waals surface area (Å²) in [5, 5.41) is 8.92. The predicted molar refractivity (Wildman–Crippen MR) is 74.6 cm³/mol. The normalized spacial score (nSPS) is 9.65. The second-order valence-corrected chi connectivity index (χ2v) is 4.77. The van der Waals surface area contributed by atoms with E-state index in [1.165, 1.54) is 3.57 Å². The number of nitriles is 1. The van der Waals surface area contributed by atoms with Gasteiger partial charge in [0.05, 0.1) is 5.56 Å². The molecule has 0 aliphatic carbocycles. The highest BCUT2D eigenvalue weighted by molar-refractivity contribution is 14.1. The fraction of sp³-hybridized carbons (Fsp3) is 0.0714. The first kappa shape index (κ1) is 11.9. The molecule has 2 aromatic carbocycles. The molecule has 3 heteroatoms. The van der Waals surface area contributed by atoms with E-state index in [0.29, 0.717) is 17.9 Å². The molecule has 0 aliphatic rings. The largest absolute Gasteiger partial charge is 0.488 e. The maximum Gasteiger partial charge on any atom is 0.137 e. The molecular weight excluding hydrogens is 325 g/mol. The van der Waals surface area contributed by atoms with Crippen molar-refractivity contribution in [2.45, 2.75) is 6.61 Å². The van der Waals surface area contributed by atoms with Crippen molar-refractivity contribution >= 4 is 22.6 Å². The van der Waals surface area contributed by atoms with E-state index in [2.05, 4.69) is 28.7 Å². The van der Waals surface area contributed by atoms with Crippen LogP contribution in [0.25, 0.3) is 0 Å². The molecule has 0 N–H and O–H groups in total. The van der Waals surface area contributed by atoms with Crippen molar-refractivity contribution in [3.05, 3.63) is 63.2 Å². The third kappa shape index (κ3) is 3.21. The molecule has 2 nitrogen and oxygen atoms in total. The van der Waals surface area contributed by atoms with Crippen molar-refractivity contribution in [2.24, 2.45) is 0 Å². The van der Waals surface area contributed by atoms with Crippen molar-refractivity contribution in [1.82, 2.24) is 0 Å². The van der Waals surface area contributed by atoms with Crippen LogP contribution in [0.15, 0.2) is 48.5 Å². The number of ether oxygens (including phenoxy) is 1. The van der Waals surface area contributed by atoms with E-state index in [0.717, 1.165) is 5.56 Å². The lowest BCUT2D eigenvalue weighted by molar-refractivity contribution is 0.305. The van der Waals surface area contributed by atoms with Crippen molar-refractivity contribution in [2.75, 3.05) is 0 Å². The van der Waals surface area contributed by atoms with Gasteiger partial charge < -0.3 is 4.74 Å². The maximum absolute atomic E-state index is 8.92. The van der Waals surface area contributed by atoms with Gasteiger partial charge in [-0.15, -0.1) is 0 Å². The molecule has 0 atom stereocenters. The Balaban J connectivity index is 2.08. The van der Waals surface area contributed by atoms with Gasteiger partial charge in [-0.25, -0.2) is 0 Å². The Morgan fingerprint density at radius 2 is 1.76 bits per heavy atom. The van der Waals surface area contributed by atoms with Gasteiger partial charge in [0.15, 0.2) is 0 Å². The average molecular weight is 335 g/mol. The first-order valence-electron chi connectivity index (χ1n) is 5.16. The van der Waals surface area contributed by atoms with Gasteiger partial charge in [-0.2, -0.15) is 5.26 Å². The summed E-state index contributed by atoms with van der Waals surface area (Å²) >= 11 is 2.26. The SMILES string of the molecule is N#Cc1ccccc1OCc1ccc(I)cc1. The molecule has 0 bridgehead atoms. The number of hydrogen-bond donors (Lipinski definition) is 0. The smallest absolute Gasteiger partial charge is 0.137 e. The van der Waals surface area contributed by atoms with E-state index < -0.39 is 0 Å². The fourth-order valence-corrected chi connectivity index (χ4v) is 1.79. The highest BCUT2D eigenvalue weighted by atomic mass is 127. The van der Waals surface area contributed by atoms with Crippen LogP contribution in [0.4, 0.5) is 0 Å². The minimum absolute atomic E-state index is 0.482. The Kier molecular flexibility index (Phi) is 3.99. The Morgan fingerprint density at radius 1 is 1.06 bits per heavy atom. The molecule has 84 valence electrons. The number of halogens is 1. The van der Waals surface area contributed by atoms with Gasteiger partial charge in [-0.05, 0) is 52.4 Å². The van der Waals surface area contributed by atoms with Gasteiger partial charge in [0.2, 0.25) is 0 Å². The molecular formula is C14H10INO. The van der Waals surface area contributed by atoms with Crippen LogP contribution in [-0.4, -0.2) is 0 Å². The van der Waals surface area contributed by atoms with Gasteiger partial charge in [0.1, 0.15) is 18.4 Å². The van der Waals surface area contributed by atoms with Crippen LogP contribution >= 0.6 is 22.6 Å². The second kappa shape index (κ2) is 5.69. The third-order valence-electron chi connectivity index (χ3n) is 2.32. The zero-order valence-corrected chi connectivity index (χ0v) is 11.2. The van der Waals surface area contributed by atoms with Crippen LogP contribution in [0, 0.1) is 14.9 Å². The minimum atomic E-state index is 0.482. The number of benzene rings is 2. The van der Waals surface area contributed by atoms with Crippen molar-refractivity contribution in [3.8, 4) is 11.8 Å². The lowest BCUT2D eigenvalue weighted by atomic mass is 10.2. The van der Waals surface area contributed by atoms with E-state index in [4.69, 9.17) is 10.00 Å². The molecule has 0 spiro atoms. The highest BCUT2D eigenvalue weighted by Gasteiger charge is 2.01. The van der Waals surface area contributed by atoms with Gasteiger partial charge in [0.25, 0.3) is 0 Å². The van der Waals surface area contributed by atoms with Gasteiger partial charge in [-0.3, -0.25) is 0 Å². The summed E-state index contributed by atoms with van der Waals surface area (Å²) in [6.07, 6.45) is 0. The molecule has 0 heterocycles. The monoisotopic (exact) mass is 335 g/mol. The predicted octanol–water partition coefficient (Wildman–Crippen LogP) is 3.74. The molecule has 17 heavy (non-hydrogen) atoms. The van der Waals surface area contributed by atoms with E-state index in [1.807, 2.05) is 42.5 Å². The number of rotatable bonds is 3. The lowest BCUT2D eigenvalue weighted by Gasteiger charge is -2.07. The average Bonchev–Trinajstić information content (AvgIpc) is 2.38. The van der Waals surface area contributed by atoms with Crippen molar-refractivity contribution in [1.29, 1.82) is 5.26 Å². The molecule has 0 aromatic heterocycles. The summed E-state index contributed by atoms with van der Waals surface area (Å²) in [5.41, 5.74) is 1.66. The summed E-state index contributed by atoms with van der Waals surface area (Å²) in [4.78, 5) is 0.